The number of ether oxygens (including phenoxy) is 1. The highest BCUT2D eigenvalue weighted by Gasteiger charge is 2.69. The Kier molecular flexibility index (Phi) is 4.48. The van der Waals surface area contributed by atoms with Gasteiger partial charge >= 0.3 is 0 Å². The first kappa shape index (κ1) is 18.1. The van der Waals surface area contributed by atoms with E-state index in [1.807, 2.05) is 0 Å². The maximum atomic E-state index is 12.2. The normalized spacial score (nSPS) is 25.0. The van der Waals surface area contributed by atoms with Crippen LogP contribution in [0, 0.1) is 0 Å². The van der Waals surface area contributed by atoms with Crippen molar-refractivity contribution >= 4 is 35.0 Å². The maximum absolute atomic E-state index is 12.2. The van der Waals surface area contributed by atoms with Gasteiger partial charge in [0.05, 0.1) is 10.0 Å². The molecule has 27 heavy (non-hydrogen) atoms. The Bertz CT molecular complexity index is 885. The van der Waals surface area contributed by atoms with E-state index in [2.05, 4.69) is 15.6 Å². The molecule has 2 bridgehead atoms. The molecule has 3 saturated carbocycles. The highest BCUT2D eigenvalue weighted by atomic mass is 35.5. The van der Waals surface area contributed by atoms with Crippen LogP contribution in [0.5, 0.6) is 5.75 Å². The van der Waals surface area contributed by atoms with E-state index >= 15 is 0 Å². The summed E-state index contributed by atoms with van der Waals surface area (Å²) in [7, 11) is 0. The minimum Gasteiger partial charge on any atom is -0.484 e. The van der Waals surface area contributed by atoms with E-state index in [1.165, 1.54) is 0 Å². The van der Waals surface area contributed by atoms with E-state index in [4.69, 9.17) is 27.9 Å². The quantitative estimate of drug-likeness (QED) is 0.773. The van der Waals surface area contributed by atoms with Gasteiger partial charge in [-0.2, -0.15) is 0 Å². The third kappa shape index (κ3) is 3.59. The Labute approximate surface area is 166 Å². The number of hydrogen-bond donors (Lipinski definition) is 2. The van der Waals surface area contributed by atoms with Crippen molar-refractivity contribution in [3.05, 3.63) is 58.3 Å². The molecule has 8 heteroatoms. The van der Waals surface area contributed by atoms with Gasteiger partial charge in [0.25, 0.3) is 11.8 Å². The lowest BCUT2D eigenvalue weighted by Crippen LogP contribution is -2.84. The monoisotopic (exact) mass is 405 g/mol. The second-order valence-electron chi connectivity index (χ2n) is 7.17. The van der Waals surface area contributed by atoms with Crippen molar-refractivity contribution in [3.8, 4) is 5.75 Å². The molecular weight excluding hydrogens is 389 g/mol. The van der Waals surface area contributed by atoms with Crippen molar-refractivity contribution in [1.29, 1.82) is 0 Å². The Morgan fingerprint density at radius 3 is 2.44 bits per heavy atom. The number of amides is 2. The van der Waals surface area contributed by atoms with Gasteiger partial charge in [0.15, 0.2) is 6.61 Å². The van der Waals surface area contributed by atoms with Gasteiger partial charge in [-0.3, -0.25) is 14.6 Å². The first-order chi connectivity index (χ1) is 12.9. The van der Waals surface area contributed by atoms with Crippen molar-refractivity contribution in [2.24, 2.45) is 0 Å². The van der Waals surface area contributed by atoms with Crippen LogP contribution < -0.4 is 15.4 Å². The molecular formula is C19H17Cl2N3O3. The van der Waals surface area contributed by atoms with E-state index < -0.39 is 0 Å². The van der Waals surface area contributed by atoms with Gasteiger partial charge in [0.1, 0.15) is 11.4 Å². The van der Waals surface area contributed by atoms with E-state index in [0.717, 1.165) is 19.3 Å². The molecule has 2 aromatic rings. The summed E-state index contributed by atoms with van der Waals surface area (Å²) in [6.07, 6.45) is 3.75. The van der Waals surface area contributed by atoms with Gasteiger partial charge in [0, 0.05) is 23.3 Å². The van der Waals surface area contributed by atoms with Crippen LogP contribution in [0.1, 0.15) is 29.8 Å². The highest BCUT2D eigenvalue weighted by Crippen LogP contribution is 2.60. The molecule has 1 aromatic heterocycles. The molecule has 0 radical (unpaired) electrons. The summed E-state index contributed by atoms with van der Waals surface area (Å²) in [5.74, 6) is 0.0971. The summed E-state index contributed by atoms with van der Waals surface area (Å²) in [5, 5.41) is 6.84. The summed E-state index contributed by atoms with van der Waals surface area (Å²) in [6.45, 7) is -0.104. The molecule has 0 saturated heterocycles. The van der Waals surface area contributed by atoms with Crippen molar-refractivity contribution in [3.63, 3.8) is 0 Å². The Morgan fingerprint density at radius 2 is 1.78 bits per heavy atom. The third-order valence-corrected chi connectivity index (χ3v) is 5.71. The number of carbonyl (C=O) groups excluding carboxylic acids is 2. The fourth-order valence-corrected chi connectivity index (χ4v) is 4.19. The molecule has 1 aromatic carbocycles. The van der Waals surface area contributed by atoms with Crippen LogP contribution in [0.2, 0.25) is 10.0 Å². The molecule has 0 aliphatic heterocycles. The number of pyridine rings is 1. The molecule has 3 fully saturated rings. The number of rotatable bonds is 6. The van der Waals surface area contributed by atoms with Crippen LogP contribution in [0.15, 0.2) is 42.6 Å². The summed E-state index contributed by atoms with van der Waals surface area (Å²) >= 11 is 11.8. The van der Waals surface area contributed by atoms with Crippen LogP contribution in [0.25, 0.3) is 0 Å². The third-order valence-electron chi connectivity index (χ3n) is 4.97. The van der Waals surface area contributed by atoms with Gasteiger partial charge in [-0.15, -0.1) is 0 Å². The van der Waals surface area contributed by atoms with E-state index in [0.29, 0.717) is 21.5 Å². The molecule has 140 valence electrons. The minimum absolute atomic E-state index is 0.104. The number of carbonyl (C=O) groups is 2. The lowest BCUT2D eigenvalue weighted by atomic mass is 9.44. The average molecular weight is 406 g/mol. The molecule has 1 heterocycles. The average Bonchev–Trinajstić information content (AvgIpc) is 2.60. The first-order valence-corrected chi connectivity index (χ1v) is 9.27. The molecule has 2 amide bonds. The van der Waals surface area contributed by atoms with Crippen LogP contribution in [-0.2, 0) is 4.79 Å². The van der Waals surface area contributed by atoms with E-state index in [1.54, 1.807) is 42.6 Å². The predicted molar refractivity (Wildman–Crippen MR) is 101 cm³/mol. The molecule has 3 aliphatic rings. The Morgan fingerprint density at radius 1 is 1.04 bits per heavy atom. The van der Waals surface area contributed by atoms with Gasteiger partial charge in [-0.1, -0.05) is 29.3 Å². The summed E-state index contributed by atoms with van der Waals surface area (Å²) in [5.41, 5.74) is -0.0719. The SMILES string of the molecule is O=C(COc1ccc(Cl)c(Cl)c1)NC12CC(NC(=O)c3ccccn3)(C1)C2. The lowest BCUT2D eigenvalue weighted by Gasteiger charge is -2.70. The van der Waals surface area contributed by atoms with Crippen molar-refractivity contribution < 1.29 is 14.3 Å². The van der Waals surface area contributed by atoms with Crippen LogP contribution in [0.4, 0.5) is 0 Å². The van der Waals surface area contributed by atoms with Gasteiger partial charge in [-0.05, 0) is 43.5 Å². The summed E-state index contributed by atoms with van der Waals surface area (Å²) in [6, 6.07) is 10.1. The topological polar surface area (TPSA) is 80.3 Å². The molecule has 0 atom stereocenters. The highest BCUT2D eigenvalue weighted by molar-refractivity contribution is 6.42. The number of nitrogens with one attached hydrogen (secondary N) is 2. The van der Waals surface area contributed by atoms with Crippen molar-refractivity contribution in [2.45, 2.75) is 30.3 Å². The second-order valence-corrected chi connectivity index (χ2v) is 7.99. The molecule has 0 unspecified atom stereocenters. The van der Waals surface area contributed by atoms with Crippen LogP contribution in [0.3, 0.4) is 0 Å². The smallest absolute Gasteiger partial charge is 0.270 e. The maximum Gasteiger partial charge on any atom is 0.270 e. The summed E-state index contributed by atoms with van der Waals surface area (Å²) < 4.78 is 5.45. The second kappa shape index (κ2) is 6.69. The largest absolute Gasteiger partial charge is 0.484 e. The first-order valence-electron chi connectivity index (χ1n) is 8.51. The molecule has 0 spiro atoms. The number of aromatic nitrogens is 1. The van der Waals surface area contributed by atoms with Crippen LogP contribution in [-0.4, -0.2) is 34.5 Å². The zero-order valence-electron chi connectivity index (χ0n) is 14.3. The fraction of sp³-hybridized carbons (Fsp3) is 0.316. The summed E-state index contributed by atoms with van der Waals surface area (Å²) in [4.78, 5) is 28.4. The van der Waals surface area contributed by atoms with Crippen molar-refractivity contribution in [2.75, 3.05) is 6.61 Å². The number of halogens is 2. The molecule has 3 aliphatic carbocycles. The van der Waals surface area contributed by atoms with Crippen molar-refractivity contribution in [1.82, 2.24) is 15.6 Å². The van der Waals surface area contributed by atoms with E-state index in [-0.39, 0.29) is 29.5 Å². The number of nitrogens with zero attached hydrogens (tertiary/aromatic N) is 1. The Hall–Kier alpha value is -2.31. The van der Waals surface area contributed by atoms with Gasteiger partial charge in [-0.25, -0.2) is 0 Å². The lowest BCUT2D eigenvalue weighted by molar-refractivity contribution is -0.141. The zero-order valence-corrected chi connectivity index (χ0v) is 15.8. The standard InChI is InChI=1S/C19H17Cl2N3O3/c20-13-5-4-12(7-14(13)21)27-8-16(25)23-18-9-19(10-18,11-18)24-17(26)15-3-1-2-6-22-15/h1-7H,8-11H2,(H,23,25)(H,24,26). The fourth-order valence-electron chi connectivity index (χ4n) is 3.90. The molecule has 2 N–H and O–H groups in total. The van der Waals surface area contributed by atoms with Crippen LogP contribution >= 0.6 is 23.2 Å². The molecule has 5 rings (SSSR count). The van der Waals surface area contributed by atoms with Gasteiger partial charge in [0.2, 0.25) is 0 Å². The van der Waals surface area contributed by atoms with E-state index in [9.17, 15) is 9.59 Å². The molecule has 6 nitrogen and oxygen atoms in total. The number of benzene rings is 1. The number of hydrogen-bond acceptors (Lipinski definition) is 4. The Balaban J connectivity index is 1.24. The zero-order chi connectivity index (χ0) is 19.1. The predicted octanol–water partition coefficient (Wildman–Crippen LogP) is 2.99. The minimum atomic E-state index is -0.241. The van der Waals surface area contributed by atoms with Gasteiger partial charge < -0.3 is 15.4 Å².